The summed E-state index contributed by atoms with van der Waals surface area (Å²) in [6.45, 7) is 7.00. The zero-order valence-electron chi connectivity index (χ0n) is 10.8. The highest BCUT2D eigenvalue weighted by atomic mass is 15.3. The lowest BCUT2D eigenvalue weighted by atomic mass is 10.2. The summed E-state index contributed by atoms with van der Waals surface area (Å²) in [5.41, 5.74) is 2.26. The van der Waals surface area contributed by atoms with E-state index < -0.39 is 0 Å². The second-order valence-corrected chi connectivity index (χ2v) is 4.54. The monoisotopic (exact) mass is 233 g/mol. The fraction of sp³-hybridized carbons (Fsp3) is 0.500. The molecule has 1 N–H and O–H groups in total. The first-order chi connectivity index (χ1) is 8.06. The topological polar surface area (TPSA) is 47.7 Å². The Bertz CT molecular complexity index is 495. The molecule has 0 fully saturated rings. The summed E-state index contributed by atoms with van der Waals surface area (Å²) in [6.07, 6.45) is 4.02. The molecular formula is C12H19N5. The second-order valence-electron chi connectivity index (χ2n) is 4.54. The molecular weight excluding hydrogens is 214 g/mol. The van der Waals surface area contributed by atoms with E-state index in [0.29, 0.717) is 6.04 Å². The van der Waals surface area contributed by atoms with Crippen LogP contribution in [0.15, 0.2) is 18.5 Å². The lowest BCUT2D eigenvalue weighted by Gasteiger charge is -2.04. The quantitative estimate of drug-likeness (QED) is 0.880. The van der Waals surface area contributed by atoms with E-state index in [1.54, 1.807) is 0 Å². The fourth-order valence-corrected chi connectivity index (χ4v) is 1.73. The van der Waals surface area contributed by atoms with Gasteiger partial charge in [-0.15, -0.1) is 0 Å². The molecule has 2 aromatic rings. The molecule has 0 aliphatic rings. The molecule has 2 aromatic heterocycles. The molecule has 0 bridgehead atoms. The molecule has 0 saturated carbocycles. The Kier molecular flexibility index (Phi) is 3.17. The number of anilines is 1. The number of hydrogen-bond donors (Lipinski definition) is 1. The number of aryl methyl sites for hydroxylation is 2. The van der Waals surface area contributed by atoms with Gasteiger partial charge in [-0.25, -0.2) is 0 Å². The van der Waals surface area contributed by atoms with Gasteiger partial charge in [0.1, 0.15) is 5.82 Å². The SMILES string of the molecule is Cc1nn(C)cc1CNc1ccn(C(C)C)n1. The van der Waals surface area contributed by atoms with Crippen molar-refractivity contribution in [2.24, 2.45) is 7.05 Å². The molecule has 0 atom stereocenters. The summed E-state index contributed by atoms with van der Waals surface area (Å²) in [7, 11) is 1.93. The van der Waals surface area contributed by atoms with Crippen molar-refractivity contribution in [3.8, 4) is 0 Å². The van der Waals surface area contributed by atoms with Crippen LogP contribution in [0, 0.1) is 6.92 Å². The normalized spacial score (nSPS) is 11.1. The molecule has 0 radical (unpaired) electrons. The first kappa shape index (κ1) is 11.7. The molecule has 0 aliphatic heterocycles. The molecule has 17 heavy (non-hydrogen) atoms. The maximum absolute atomic E-state index is 4.44. The predicted molar refractivity (Wildman–Crippen MR) is 67.9 cm³/mol. The van der Waals surface area contributed by atoms with Crippen LogP contribution in [0.3, 0.4) is 0 Å². The van der Waals surface area contributed by atoms with Gasteiger partial charge in [-0.1, -0.05) is 0 Å². The summed E-state index contributed by atoms with van der Waals surface area (Å²) in [5, 5.41) is 12.1. The van der Waals surface area contributed by atoms with E-state index in [-0.39, 0.29) is 0 Å². The molecule has 0 aliphatic carbocycles. The molecule has 0 saturated heterocycles. The van der Waals surface area contributed by atoms with Crippen molar-refractivity contribution < 1.29 is 0 Å². The summed E-state index contributed by atoms with van der Waals surface area (Å²) in [6, 6.07) is 2.39. The Labute approximate surface area is 101 Å². The molecule has 2 rings (SSSR count). The van der Waals surface area contributed by atoms with Gasteiger partial charge in [-0.2, -0.15) is 10.2 Å². The molecule has 2 heterocycles. The second kappa shape index (κ2) is 4.61. The first-order valence-corrected chi connectivity index (χ1v) is 5.84. The van der Waals surface area contributed by atoms with Crippen LogP contribution < -0.4 is 5.32 Å². The Morgan fingerprint density at radius 3 is 2.65 bits per heavy atom. The third-order valence-electron chi connectivity index (χ3n) is 2.71. The summed E-state index contributed by atoms with van der Waals surface area (Å²) < 4.78 is 3.78. The van der Waals surface area contributed by atoms with E-state index >= 15 is 0 Å². The summed E-state index contributed by atoms with van der Waals surface area (Å²) in [4.78, 5) is 0. The first-order valence-electron chi connectivity index (χ1n) is 5.84. The third kappa shape index (κ3) is 2.67. The van der Waals surface area contributed by atoms with Crippen LogP contribution in [-0.2, 0) is 13.6 Å². The predicted octanol–water partition coefficient (Wildman–Crippen LogP) is 2.12. The Balaban J connectivity index is 2.00. The maximum Gasteiger partial charge on any atom is 0.148 e. The average Bonchev–Trinajstić information content (AvgIpc) is 2.82. The summed E-state index contributed by atoms with van der Waals surface area (Å²) >= 11 is 0. The van der Waals surface area contributed by atoms with Crippen LogP contribution in [0.2, 0.25) is 0 Å². The number of nitrogens with zero attached hydrogens (tertiary/aromatic N) is 4. The average molecular weight is 233 g/mol. The minimum absolute atomic E-state index is 0.394. The van der Waals surface area contributed by atoms with Gasteiger partial charge in [-0.3, -0.25) is 9.36 Å². The number of rotatable bonds is 4. The lowest BCUT2D eigenvalue weighted by Crippen LogP contribution is -2.04. The molecule has 0 unspecified atom stereocenters. The minimum atomic E-state index is 0.394. The highest BCUT2D eigenvalue weighted by Gasteiger charge is 2.05. The van der Waals surface area contributed by atoms with Crippen LogP contribution in [-0.4, -0.2) is 19.6 Å². The fourth-order valence-electron chi connectivity index (χ4n) is 1.73. The van der Waals surface area contributed by atoms with Crippen molar-refractivity contribution in [3.05, 3.63) is 29.7 Å². The Hall–Kier alpha value is -1.78. The summed E-state index contributed by atoms with van der Waals surface area (Å²) in [5.74, 6) is 0.905. The standard InChI is InChI=1S/C12H19N5/c1-9(2)17-6-5-12(15-17)13-7-11-8-16(4)14-10(11)3/h5-6,8-9H,7H2,1-4H3,(H,13,15). The Morgan fingerprint density at radius 1 is 1.35 bits per heavy atom. The van der Waals surface area contributed by atoms with Crippen molar-refractivity contribution in [2.45, 2.75) is 33.4 Å². The van der Waals surface area contributed by atoms with E-state index in [1.165, 1.54) is 5.56 Å². The number of aromatic nitrogens is 4. The van der Waals surface area contributed by atoms with Gasteiger partial charge in [0, 0.05) is 43.7 Å². The van der Waals surface area contributed by atoms with Gasteiger partial charge in [-0.05, 0) is 20.8 Å². The molecule has 0 spiro atoms. The van der Waals surface area contributed by atoms with E-state index in [4.69, 9.17) is 0 Å². The van der Waals surface area contributed by atoms with Crippen LogP contribution in [0.5, 0.6) is 0 Å². The van der Waals surface area contributed by atoms with Crippen LogP contribution in [0.25, 0.3) is 0 Å². The van der Waals surface area contributed by atoms with Crippen molar-refractivity contribution in [2.75, 3.05) is 5.32 Å². The van der Waals surface area contributed by atoms with Crippen molar-refractivity contribution in [3.63, 3.8) is 0 Å². The largest absolute Gasteiger partial charge is 0.364 e. The number of nitrogens with one attached hydrogen (secondary N) is 1. The van der Waals surface area contributed by atoms with Gasteiger partial charge >= 0.3 is 0 Å². The van der Waals surface area contributed by atoms with Crippen molar-refractivity contribution in [1.82, 2.24) is 19.6 Å². The van der Waals surface area contributed by atoms with E-state index in [9.17, 15) is 0 Å². The smallest absolute Gasteiger partial charge is 0.148 e. The van der Waals surface area contributed by atoms with E-state index in [0.717, 1.165) is 18.1 Å². The van der Waals surface area contributed by atoms with E-state index in [1.807, 2.05) is 41.8 Å². The zero-order chi connectivity index (χ0) is 12.4. The number of hydrogen-bond acceptors (Lipinski definition) is 3. The maximum atomic E-state index is 4.44. The Morgan fingerprint density at radius 2 is 2.12 bits per heavy atom. The van der Waals surface area contributed by atoms with Crippen LogP contribution >= 0.6 is 0 Å². The molecule has 5 nitrogen and oxygen atoms in total. The molecule has 0 amide bonds. The van der Waals surface area contributed by atoms with Crippen molar-refractivity contribution >= 4 is 5.82 Å². The molecule has 92 valence electrons. The van der Waals surface area contributed by atoms with Gasteiger partial charge in [0.05, 0.1) is 5.69 Å². The molecule has 5 heteroatoms. The highest BCUT2D eigenvalue weighted by molar-refractivity contribution is 5.34. The van der Waals surface area contributed by atoms with Crippen LogP contribution in [0.1, 0.15) is 31.1 Å². The van der Waals surface area contributed by atoms with Gasteiger partial charge in [0.15, 0.2) is 0 Å². The van der Waals surface area contributed by atoms with Gasteiger partial charge in [0.2, 0.25) is 0 Å². The van der Waals surface area contributed by atoms with Crippen LogP contribution in [0.4, 0.5) is 5.82 Å². The zero-order valence-corrected chi connectivity index (χ0v) is 10.8. The van der Waals surface area contributed by atoms with E-state index in [2.05, 4.69) is 29.4 Å². The third-order valence-corrected chi connectivity index (χ3v) is 2.71. The minimum Gasteiger partial charge on any atom is -0.364 e. The van der Waals surface area contributed by atoms with Gasteiger partial charge in [0.25, 0.3) is 0 Å². The van der Waals surface area contributed by atoms with Gasteiger partial charge < -0.3 is 5.32 Å². The van der Waals surface area contributed by atoms with Crippen molar-refractivity contribution in [1.29, 1.82) is 0 Å². The lowest BCUT2D eigenvalue weighted by molar-refractivity contribution is 0.534. The highest BCUT2D eigenvalue weighted by Crippen LogP contribution is 2.11. The molecule has 0 aromatic carbocycles.